The molecule has 0 aliphatic carbocycles. The molecule has 0 spiro atoms. The fourth-order valence-corrected chi connectivity index (χ4v) is 5.58. The lowest BCUT2D eigenvalue weighted by molar-refractivity contribution is -0.149. The third kappa shape index (κ3) is 5.90. The van der Waals surface area contributed by atoms with E-state index in [2.05, 4.69) is 44.9 Å². The first-order chi connectivity index (χ1) is 17.2. The largest absolute Gasteiger partial charge is 0.466 e. The Bertz CT molecular complexity index is 1230. The van der Waals surface area contributed by atoms with E-state index in [0.717, 1.165) is 79.4 Å². The zero-order chi connectivity index (χ0) is 24.0. The number of ether oxygens (including phenoxy) is 2. The highest BCUT2D eigenvalue weighted by molar-refractivity contribution is 7.15. The minimum Gasteiger partial charge on any atom is -0.466 e. The van der Waals surface area contributed by atoms with Gasteiger partial charge in [-0.25, -0.2) is 4.98 Å². The second-order valence-corrected chi connectivity index (χ2v) is 10.3. The summed E-state index contributed by atoms with van der Waals surface area (Å²) in [4.78, 5) is 24.6. The van der Waals surface area contributed by atoms with Crippen molar-refractivity contribution in [3.05, 3.63) is 47.4 Å². The van der Waals surface area contributed by atoms with E-state index in [1.807, 2.05) is 25.5 Å². The van der Waals surface area contributed by atoms with Crippen LogP contribution in [-0.4, -0.2) is 53.7 Å². The molecule has 35 heavy (non-hydrogen) atoms. The molecule has 0 saturated carbocycles. The van der Waals surface area contributed by atoms with E-state index in [9.17, 15) is 4.79 Å². The zero-order valence-electron chi connectivity index (χ0n) is 20.2. The Kier molecular flexibility index (Phi) is 7.72. The second kappa shape index (κ2) is 11.3. The van der Waals surface area contributed by atoms with Gasteiger partial charge in [0, 0.05) is 49.7 Å². The van der Waals surface area contributed by atoms with Crippen molar-refractivity contribution in [1.82, 2.24) is 14.9 Å². The number of hydrogen-bond acceptors (Lipinski definition) is 7. The predicted octanol–water partition coefficient (Wildman–Crippen LogP) is 4.91. The van der Waals surface area contributed by atoms with Crippen molar-refractivity contribution < 1.29 is 14.3 Å². The van der Waals surface area contributed by atoms with E-state index in [1.165, 1.54) is 10.9 Å². The van der Waals surface area contributed by atoms with Crippen molar-refractivity contribution in [1.29, 1.82) is 0 Å². The first-order valence-corrected chi connectivity index (χ1v) is 13.3. The Balaban J connectivity index is 1.30. The maximum Gasteiger partial charge on any atom is 0.309 e. The summed E-state index contributed by atoms with van der Waals surface area (Å²) in [6.07, 6.45) is 9.54. The molecule has 0 atom stereocenters. The van der Waals surface area contributed by atoms with Crippen LogP contribution in [-0.2, 0) is 20.8 Å². The van der Waals surface area contributed by atoms with E-state index < -0.39 is 0 Å². The third-order valence-electron chi connectivity index (χ3n) is 6.84. The summed E-state index contributed by atoms with van der Waals surface area (Å²) in [5.74, 6) is 7.04. The molecule has 5 rings (SSSR count). The summed E-state index contributed by atoms with van der Waals surface area (Å²) in [6, 6.07) is 6.53. The molecule has 2 fully saturated rings. The third-order valence-corrected chi connectivity index (χ3v) is 7.80. The molecular weight excluding hydrogens is 458 g/mol. The summed E-state index contributed by atoms with van der Waals surface area (Å²) in [6.45, 7) is 6.54. The first-order valence-electron chi connectivity index (χ1n) is 12.5. The molecule has 0 radical (unpaired) electrons. The van der Waals surface area contributed by atoms with Gasteiger partial charge < -0.3 is 9.47 Å². The molecule has 2 aliphatic heterocycles. The summed E-state index contributed by atoms with van der Waals surface area (Å²) in [5, 5.41) is 3.22. The molecule has 0 bridgehead atoms. The van der Waals surface area contributed by atoms with Crippen molar-refractivity contribution in [3.63, 3.8) is 0 Å². The second-order valence-electron chi connectivity index (χ2n) is 9.22. The van der Waals surface area contributed by atoms with Gasteiger partial charge in [0.05, 0.1) is 17.4 Å². The fraction of sp³-hybridized carbons (Fsp3) is 0.464. The van der Waals surface area contributed by atoms with E-state index >= 15 is 0 Å². The van der Waals surface area contributed by atoms with Crippen molar-refractivity contribution in [2.24, 2.45) is 11.8 Å². The van der Waals surface area contributed by atoms with Crippen LogP contribution in [0, 0.1) is 23.7 Å². The highest BCUT2D eigenvalue weighted by atomic mass is 32.1. The van der Waals surface area contributed by atoms with Crippen LogP contribution in [0.3, 0.4) is 0 Å². The molecule has 0 unspecified atom stereocenters. The number of likely N-dealkylation sites (tertiary alicyclic amines) is 1. The molecule has 0 amide bonds. The van der Waals surface area contributed by atoms with E-state index in [0.29, 0.717) is 12.5 Å². The van der Waals surface area contributed by atoms with Crippen LogP contribution >= 0.6 is 11.3 Å². The molecule has 1 aromatic carbocycles. The molecule has 2 aromatic heterocycles. The topological polar surface area (TPSA) is 64.5 Å². The van der Waals surface area contributed by atoms with Crippen LogP contribution in [0.4, 0.5) is 0 Å². The van der Waals surface area contributed by atoms with Crippen LogP contribution in [0.1, 0.15) is 43.2 Å². The number of thiazole rings is 1. The number of rotatable bonds is 5. The number of esters is 1. The Labute approximate surface area is 210 Å². The number of carbonyl (C=O) groups excluding carboxylic acids is 1. The van der Waals surface area contributed by atoms with Crippen LogP contribution in [0.5, 0.6) is 0 Å². The molecular formula is C28H31N3O3S. The highest BCUT2D eigenvalue weighted by Gasteiger charge is 2.26. The van der Waals surface area contributed by atoms with Crippen LogP contribution in [0.25, 0.3) is 21.2 Å². The van der Waals surface area contributed by atoms with E-state index in [1.54, 1.807) is 11.3 Å². The van der Waals surface area contributed by atoms with Crippen molar-refractivity contribution >= 4 is 28.1 Å². The number of carbonyl (C=O) groups is 1. The number of hydrogen-bond donors (Lipinski definition) is 0. The molecule has 0 N–H and O–H groups in total. The Hall–Kier alpha value is -2.79. The maximum atomic E-state index is 12.1. The molecule has 4 heterocycles. The summed E-state index contributed by atoms with van der Waals surface area (Å²) in [7, 11) is 0. The van der Waals surface area contributed by atoms with Gasteiger partial charge >= 0.3 is 5.97 Å². The van der Waals surface area contributed by atoms with Gasteiger partial charge in [-0.2, -0.15) is 0 Å². The summed E-state index contributed by atoms with van der Waals surface area (Å²) >= 11 is 1.65. The fourth-order valence-electron chi connectivity index (χ4n) is 4.80. The molecule has 2 aliphatic rings. The quantitative estimate of drug-likeness (QED) is 0.375. The van der Waals surface area contributed by atoms with Gasteiger partial charge in [-0.3, -0.25) is 14.7 Å². The monoisotopic (exact) mass is 489 g/mol. The molecule has 2 saturated heterocycles. The van der Waals surface area contributed by atoms with Gasteiger partial charge in [0.2, 0.25) is 0 Å². The lowest BCUT2D eigenvalue weighted by atomic mass is 9.96. The number of aromatic nitrogens is 2. The van der Waals surface area contributed by atoms with Gasteiger partial charge in [0.15, 0.2) is 5.01 Å². The lowest BCUT2D eigenvalue weighted by Gasteiger charge is -2.31. The standard InChI is InChI=1S/C28H31N3O3S/c1-2-34-28(32)21-7-11-31(12-8-21)19-24-17-29-16-23-5-4-22(15-25(23)24)26-18-30-27(35-26)6-3-20-9-13-33-14-10-20/h4-5,15-18,20-21H,2,7-14,19H2,1H3. The Morgan fingerprint density at radius 2 is 2.00 bits per heavy atom. The molecule has 6 nitrogen and oxygen atoms in total. The molecule has 182 valence electrons. The van der Waals surface area contributed by atoms with Crippen LogP contribution < -0.4 is 0 Å². The molecule has 7 heteroatoms. The minimum atomic E-state index is -0.0509. The SMILES string of the molecule is CCOC(=O)C1CCN(Cc2cncc3ccc(-c4cnc(C#CC5CCOCC5)s4)cc23)CC1. The lowest BCUT2D eigenvalue weighted by Crippen LogP contribution is -2.36. The van der Waals surface area contributed by atoms with Crippen molar-refractivity contribution in [3.8, 4) is 22.3 Å². The maximum absolute atomic E-state index is 12.1. The van der Waals surface area contributed by atoms with Gasteiger partial charge in [0.25, 0.3) is 0 Å². The number of benzene rings is 1. The number of piperidine rings is 1. The van der Waals surface area contributed by atoms with E-state index in [-0.39, 0.29) is 11.9 Å². The van der Waals surface area contributed by atoms with Gasteiger partial charge in [-0.05, 0) is 74.2 Å². The highest BCUT2D eigenvalue weighted by Crippen LogP contribution is 2.31. The van der Waals surface area contributed by atoms with Gasteiger partial charge in [-0.15, -0.1) is 11.3 Å². The zero-order valence-corrected chi connectivity index (χ0v) is 21.0. The van der Waals surface area contributed by atoms with Gasteiger partial charge in [0.1, 0.15) is 0 Å². The predicted molar refractivity (Wildman–Crippen MR) is 138 cm³/mol. The summed E-state index contributed by atoms with van der Waals surface area (Å²) in [5.41, 5.74) is 2.37. The number of fused-ring (bicyclic) bond motifs is 1. The van der Waals surface area contributed by atoms with Crippen LogP contribution in [0.15, 0.2) is 36.8 Å². The number of pyridine rings is 1. The molecule has 3 aromatic rings. The van der Waals surface area contributed by atoms with Crippen LogP contribution in [0.2, 0.25) is 0 Å². The Morgan fingerprint density at radius 1 is 1.17 bits per heavy atom. The average molecular weight is 490 g/mol. The number of nitrogens with zero attached hydrogens (tertiary/aromatic N) is 3. The first kappa shape index (κ1) is 23.9. The van der Waals surface area contributed by atoms with E-state index in [4.69, 9.17) is 9.47 Å². The van der Waals surface area contributed by atoms with Crippen molar-refractivity contribution in [2.75, 3.05) is 32.9 Å². The Morgan fingerprint density at radius 3 is 2.80 bits per heavy atom. The normalized spacial score (nSPS) is 17.7. The minimum absolute atomic E-state index is 0.0264. The average Bonchev–Trinajstić information content (AvgIpc) is 3.38. The smallest absolute Gasteiger partial charge is 0.309 e. The van der Waals surface area contributed by atoms with Crippen molar-refractivity contribution in [2.45, 2.75) is 39.2 Å². The summed E-state index contributed by atoms with van der Waals surface area (Å²) < 4.78 is 10.6. The van der Waals surface area contributed by atoms with Gasteiger partial charge in [-0.1, -0.05) is 18.1 Å².